The van der Waals surface area contributed by atoms with Gasteiger partial charge in [0.05, 0.1) is 31.4 Å². The maximum Gasteiger partial charge on any atom is 0.0949 e. The van der Waals surface area contributed by atoms with Crippen LogP contribution in [0.25, 0.3) is 0 Å². The quantitative estimate of drug-likeness (QED) is 0.709. The smallest absolute Gasteiger partial charge is 0.0949 e. The van der Waals surface area contributed by atoms with Crippen LogP contribution in [0.15, 0.2) is 0 Å². The minimum atomic E-state index is 0.00814. The van der Waals surface area contributed by atoms with Gasteiger partial charge in [-0.1, -0.05) is 0 Å². The lowest BCUT2D eigenvalue weighted by molar-refractivity contribution is -0.0104. The second-order valence-corrected chi connectivity index (χ2v) is 3.63. The van der Waals surface area contributed by atoms with Crippen LogP contribution >= 0.6 is 0 Å². The number of hydrogen-bond donors (Lipinski definition) is 1. The highest BCUT2D eigenvalue weighted by Gasteiger charge is 2.22. The summed E-state index contributed by atoms with van der Waals surface area (Å²) in [5.41, 5.74) is 0. The number of nitriles is 1. The fourth-order valence-corrected chi connectivity index (χ4v) is 1.73. The number of hydrogen-bond acceptors (Lipinski definition) is 4. The van der Waals surface area contributed by atoms with E-state index in [2.05, 4.69) is 11.0 Å². The van der Waals surface area contributed by atoms with Crippen molar-refractivity contribution in [2.75, 3.05) is 26.3 Å². The predicted molar refractivity (Wildman–Crippen MR) is 52.7 cm³/mol. The van der Waals surface area contributed by atoms with Crippen LogP contribution in [0.2, 0.25) is 0 Å². The van der Waals surface area contributed by atoms with Gasteiger partial charge < -0.3 is 9.84 Å². The molecule has 14 heavy (non-hydrogen) atoms. The van der Waals surface area contributed by atoms with Crippen molar-refractivity contribution in [3.05, 3.63) is 0 Å². The molecule has 4 nitrogen and oxygen atoms in total. The lowest BCUT2D eigenvalue weighted by Gasteiger charge is -2.33. The van der Waals surface area contributed by atoms with Gasteiger partial charge in [0, 0.05) is 13.1 Å². The molecule has 0 aromatic heterocycles. The average molecular weight is 198 g/mol. The number of piperidine rings is 1. The van der Waals surface area contributed by atoms with Crippen LogP contribution in [0.3, 0.4) is 0 Å². The summed E-state index contributed by atoms with van der Waals surface area (Å²) in [6, 6.07) is 2.25. The molecule has 1 saturated heterocycles. The van der Waals surface area contributed by atoms with Gasteiger partial charge in [0.1, 0.15) is 0 Å². The molecular formula is C10H18N2O2. The maximum absolute atomic E-state index is 8.74. The van der Waals surface area contributed by atoms with Gasteiger partial charge in [0.25, 0.3) is 0 Å². The normalized spacial score (nSPS) is 21.8. The molecule has 0 aliphatic carbocycles. The zero-order chi connectivity index (χ0) is 10.4. The number of aliphatic hydroxyl groups is 1. The van der Waals surface area contributed by atoms with Crippen molar-refractivity contribution in [1.82, 2.24) is 4.90 Å². The van der Waals surface area contributed by atoms with E-state index in [0.29, 0.717) is 6.61 Å². The van der Waals surface area contributed by atoms with Gasteiger partial charge in [0.2, 0.25) is 0 Å². The molecule has 4 heteroatoms. The summed E-state index contributed by atoms with van der Waals surface area (Å²) in [5.74, 6) is 0. The summed E-state index contributed by atoms with van der Waals surface area (Å²) < 4.78 is 5.43. The fraction of sp³-hybridized carbons (Fsp3) is 0.900. The zero-order valence-corrected chi connectivity index (χ0v) is 8.65. The Morgan fingerprint density at radius 1 is 1.57 bits per heavy atom. The van der Waals surface area contributed by atoms with E-state index in [4.69, 9.17) is 15.1 Å². The summed E-state index contributed by atoms with van der Waals surface area (Å²) in [6.07, 6.45) is 2.20. The molecule has 1 fully saturated rings. The van der Waals surface area contributed by atoms with Gasteiger partial charge in [-0.05, 0) is 19.8 Å². The van der Waals surface area contributed by atoms with Crippen LogP contribution < -0.4 is 0 Å². The van der Waals surface area contributed by atoms with E-state index in [9.17, 15) is 0 Å². The first-order chi connectivity index (χ1) is 6.77. The van der Waals surface area contributed by atoms with Crippen molar-refractivity contribution < 1.29 is 9.84 Å². The minimum Gasteiger partial charge on any atom is -0.394 e. The van der Waals surface area contributed by atoms with Crippen LogP contribution in [0.4, 0.5) is 0 Å². The van der Waals surface area contributed by atoms with Crippen LogP contribution in [0.5, 0.6) is 0 Å². The Labute approximate surface area is 85.1 Å². The van der Waals surface area contributed by atoms with E-state index in [-0.39, 0.29) is 18.8 Å². The summed E-state index contributed by atoms with van der Waals surface area (Å²) in [6.45, 7) is 4.29. The number of aliphatic hydroxyl groups excluding tert-OH is 1. The fourth-order valence-electron chi connectivity index (χ4n) is 1.73. The number of rotatable bonds is 4. The largest absolute Gasteiger partial charge is 0.394 e. The monoisotopic (exact) mass is 198 g/mol. The van der Waals surface area contributed by atoms with Gasteiger partial charge >= 0.3 is 0 Å². The van der Waals surface area contributed by atoms with Gasteiger partial charge in [-0.15, -0.1) is 0 Å². The maximum atomic E-state index is 8.74. The Bertz CT molecular complexity index is 195. The molecule has 1 unspecified atom stereocenters. The Morgan fingerprint density at radius 3 is 2.71 bits per heavy atom. The second kappa shape index (κ2) is 5.97. The van der Waals surface area contributed by atoms with E-state index in [1.54, 1.807) is 0 Å². The third-order valence-electron chi connectivity index (χ3n) is 2.66. The standard InChI is InChI=1S/C10H18N2O2/c1-9(8-11)12-4-2-10(3-5-12)14-7-6-13/h9-10,13H,2-7H2,1H3. The van der Waals surface area contributed by atoms with Crippen molar-refractivity contribution in [1.29, 1.82) is 5.26 Å². The van der Waals surface area contributed by atoms with Crippen molar-refractivity contribution in [2.24, 2.45) is 0 Å². The molecule has 0 spiro atoms. The molecule has 1 aliphatic heterocycles. The molecule has 80 valence electrons. The lowest BCUT2D eigenvalue weighted by Crippen LogP contribution is -2.41. The topological polar surface area (TPSA) is 56.5 Å². The molecule has 0 aromatic carbocycles. The number of ether oxygens (including phenoxy) is 1. The van der Waals surface area contributed by atoms with E-state index in [1.165, 1.54) is 0 Å². The molecule has 0 radical (unpaired) electrons. The van der Waals surface area contributed by atoms with Crippen LogP contribution in [0.1, 0.15) is 19.8 Å². The first-order valence-corrected chi connectivity index (χ1v) is 5.14. The first-order valence-electron chi connectivity index (χ1n) is 5.14. The summed E-state index contributed by atoms with van der Waals surface area (Å²) in [7, 11) is 0. The predicted octanol–water partition coefficient (Wildman–Crippen LogP) is 0.372. The van der Waals surface area contributed by atoms with Gasteiger partial charge in [0.15, 0.2) is 0 Å². The van der Waals surface area contributed by atoms with Crippen molar-refractivity contribution in [3.63, 3.8) is 0 Å². The van der Waals surface area contributed by atoms with E-state index in [1.807, 2.05) is 6.92 Å². The molecule has 1 heterocycles. The van der Waals surface area contributed by atoms with E-state index < -0.39 is 0 Å². The minimum absolute atomic E-state index is 0.00814. The van der Waals surface area contributed by atoms with Crippen LogP contribution in [-0.4, -0.2) is 48.5 Å². The molecule has 0 aromatic rings. The lowest BCUT2D eigenvalue weighted by atomic mass is 10.1. The third-order valence-corrected chi connectivity index (χ3v) is 2.66. The molecule has 1 aliphatic rings. The third kappa shape index (κ3) is 3.26. The molecule has 1 rings (SSSR count). The Kier molecular flexibility index (Phi) is 4.88. The molecule has 0 bridgehead atoms. The van der Waals surface area contributed by atoms with Crippen molar-refractivity contribution >= 4 is 0 Å². The SMILES string of the molecule is CC(C#N)N1CCC(OCCO)CC1. The van der Waals surface area contributed by atoms with Crippen molar-refractivity contribution in [3.8, 4) is 6.07 Å². The summed E-state index contributed by atoms with van der Waals surface area (Å²) >= 11 is 0. The van der Waals surface area contributed by atoms with Gasteiger partial charge in [-0.2, -0.15) is 5.26 Å². The van der Waals surface area contributed by atoms with E-state index in [0.717, 1.165) is 25.9 Å². The second-order valence-electron chi connectivity index (χ2n) is 3.63. The average Bonchev–Trinajstić information content (AvgIpc) is 2.26. The van der Waals surface area contributed by atoms with Gasteiger partial charge in [-0.25, -0.2) is 0 Å². The summed E-state index contributed by atoms with van der Waals surface area (Å²) in [4.78, 5) is 2.17. The van der Waals surface area contributed by atoms with Gasteiger partial charge in [-0.3, -0.25) is 4.90 Å². The Balaban J connectivity index is 2.21. The molecule has 0 saturated carbocycles. The Morgan fingerprint density at radius 2 is 2.21 bits per heavy atom. The van der Waals surface area contributed by atoms with Crippen molar-refractivity contribution in [2.45, 2.75) is 31.9 Å². The van der Waals surface area contributed by atoms with E-state index >= 15 is 0 Å². The highest BCUT2D eigenvalue weighted by Crippen LogP contribution is 2.15. The zero-order valence-electron chi connectivity index (χ0n) is 8.65. The number of likely N-dealkylation sites (tertiary alicyclic amines) is 1. The molecule has 1 N–H and O–H groups in total. The van der Waals surface area contributed by atoms with Crippen LogP contribution in [-0.2, 0) is 4.74 Å². The van der Waals surface area contributed by atoms with Crippen LogP contribution in [0, 0.1) is 11.3 Å². The molecule has 1 atom stereocenters. The molecular weight excluding hydrogens is 180 g/mol. The Hall–Kier alpha value is -0.630. The molecule has 0 amide bonds. The highest BCUT2D eigenvalue weighted by molar-refractivity contribution is 4.90. The first kappa shape index (κ1) is 11.4. The number of nitrogens with zero attached hydrogens (tertiary/aromatic N) is 2. The summed E-state index contributed by atoms with van der Waals surface area (Å²) in [5, 5.41) is 17.3. The highest BCUT2D eigenvalue weighted by atomic mass is 16.5.